The molecule has 1 atom stereocenters. The van der Waals surface area contributed by atoms with Gasteiger partial charge in [-0.3, -0.25) is 0 Å². The summed E-state index contributed by atoms with van der Waals surface area (Å²) in [6.45, 7) is 10.9. The van der Waals surface area contributed by atoms with Crippen LogP contribution in [0.5, 0.6) is 0 Å². The van der Waals surface area contributed by atoms with Crippen molar-refractivity contribution in [2.75, 3.05) is 31.2 Å². The smallest absolute Gasteiger partial charge is 0.408 e. The third-order valence-electron chi connectivity index (χ3n) is 3.50. The number of hydrogen-bond donors (Lipinski definition) is 1. The first-order chi connectivity index (χ1) is 10.3. The molecule has 0 saturated carbocycles. The van der Waals surface area contributed by atoms with Gasteiger partial charge in [0.15, 0.2) is 0 Å². The minimum atomic E-state index is -0.482. The zero-order valence-electron chi connectivity index (χ0n) is 13.9. The lowest BCUT2D eigenvalue weighted by Crippen LogP contribution is -2.36. The van der Waals surface area contributed by atoms with Crippen LogP contribution in [0.25, 0.3) is 0 Å². The van der Waals surface area contributed by atoms with Crippen molar-refractivity contribution in [3.05, 3.63) is 29.8 Å². The summed E-state index contributed by atoms with van der Waals surface area (Å²) in [6.07, 6.45) is -0.391. The molecule has 1 aliphatic heterocycles. The Kier molecular flexibility index (Phi) is 5.29. The third kappa shape index (κ3) is 4.91. The number of nitrogens with zero attached hydrogens (tertiary/aromatic N) is 1. The molecule has 2 rings (SSSR count). The highest BCUT2D eigenvalue weighted by Gasteiger charge is 2.18. The van der Waals surface area contributed by atoms with E-state index in [9.17, 15) is 4.79 Å². The number of nitrogens with one attached hydrogen (secondary N) is 1. The molecule has 1 amide bonds. The van der Waals surface area contributed by atoms with E-state index < -0.39 is 11.7 Å². The molecule has 0 unspecified atom stereocenters. The Morgan fingerprint density at radius 3 is 2.36 bits per heavy atom. The Bertz CT molecular complexity index is 488. The number of carbonyl (C=O) groups excluding carboxylic acids is 1. The summed E-state index contributed by atoms with van der Waals surface area (Å²) in [5.74, 6) is 0. The molecule has 122 valence electrons. The number of carbonyl (C=O) groups is 1. The van der Waals surface area contributed by atoms with Gasteiger partial charge in [-0.25, -0.2) is 4.79 Å². The van der Waals surface area contributed by atoms with E-state index >= 15 is 0 Å². The van der Waals surface area contributed by atoms with Gasteiger partial charge in [0.05, 0.1) is 19.3 Å². The van der Waals surface area contributed by atoms with Crippen LogP contribution >= 0.6 is 0 Å². The molecule has 1 aromatic carbocycles. The first-order valence-corrected chi connectivity index (χ1v) is 7.77. The molecule has 1 saturated heterocycles. The molecule has 0 radical (unpaired) electrons. The SMILES string of the molecule is C[C@H](NC(=O)OC(C)(C)C)c1ccc(N2CCOCC2)cc1. The van der Waals surface area contributed by atoms with E-state index in [0.29, 0.717) is 0 Å². The molecular weight excluding hydrogens is 280 g/mol. The maximum atomic E-state index is 11.8. The van der Waals surface area contributed by atoms with Crippen molar-refractivity contribution in [3.8, 4) is 0 Å². The number of ether oxygens (including phenoxy) is 2. The van der Waals surface area contributed by atoms with Gasteiger partial charge < -0.3 is 19.7 Å². The number of rotatable bonds is 3. The minimum absolute atomic E-state index is 0.0893. The highest BCUT2D eigenvalue weighted by Crippen LogP contribution is 2.20. The standard InChI is InChI=1S/C17H26N2O3/c1-13(18-16(20)22-17(2,3)4)14-5-7-15(8-6-14)19-9-11-21-12-10-19/h5-8,13H,9-12H2,1-4H3,(H,18,20)/t13-/m0/s1. The fourth-order valence-electron chi connectivity index (χ4n) is 2.36. The van der Waals surface area contributed by atoms with Crippen LogP contribution in [0.2, 0.25) is 0 Å². The first kappa shape index (κ1) is 16.6. The van der Waals surface area contributed by atoms with Gasteiger partial charge in [-0.05, 0) is 45.4 Å². The molecule has 1 aliphatic rings. The maximum absolute atomic E-state index is 11.8. The Labute approximate surface area is 132 Å². The van der Waals surface area contributed by atoms with Gasteiger partial charge in [0, 0.05) is 18.8 Å². The zero-order chi connectivity index (χ0) is 16.2. The number of hydrogen-bond acceptors (Lipinski definition) is 4. The maximum Gasteiger partial charge on any atom is 0.408 e. The molecule has 0 aromatic heterocycles. The number of amides is 1. The van der Waals surface area contributed by atoms with Gasteiger partial charge in [0.1, 0.15) is 5.60 Å². The Morgan fingerprint density at radius 2 is 1.82 bits per heavy atom. The van der Waals surface area contributed by atoms with Gasteiger partial charge in [-0.15, -0.1) is 0 Å². The van der Waals surface area contributed by atoms with Crippen LogP contribution in [0.15, 0.2) is 24.3 Å². The molecule has 0 aliphatic carbocycles. The van der Waals surface area contributed by atoms with Gasteiger partial charge in [-0.2, -0.15) is 0 Å². The second-order valence-electron chi connectivity index (χ2n) is 6.56. The van der Waals surface area contributed by atoms with Crippen molar-refractivity contribution in [3.63, 3.8) is 0 Å². The predicted molar refractivity (Wildman–Crippen MR) is 87.3 cm³/mol. The van der Waals surface area contributed by atoms with Crippen molar-refractivity contribution in [1.29, 1.82) is 0 Å². The van der Waals surface area contributed by atoms with E-state index in [1.807, 2.05) is 39.8 Å². The summed E-state index contributed by atoms with van der Waals surface area (Å²) in [6, 6.07) is 8.19. The molecular formula is C17H26N2O3. The van der Waals surface area contributed by atoms with Crippen LogP contribution in [-0.4, -0.2) is 38.0 Å². The van der Waals surface area contributed by atoms with Crippen molar-refractivity contribution >= 4 is 11.8 Å². The summed E-state index contributed by atoms with van der Waals surface area (Å²) in [4.78, 5) is 14.1. The van der Waals surface area contributed by atoms with Crippen LogP contribution in [0.1, 0.15) is 39.3 Å². The van der Waals surface area contributed by atoms with Crippen LogP contribution in [-0.2, 0) is 9.47 Å². The van der Waals surface area contributed by atoms with Crippen molar-refractivity contribution in [2.45, 2.75) is 39.3 Å². The lowest BCUT2D eigenvalue weighted by Gasteiger charge is -2.29. The van der Waals surface area contributed by atoms with E-state index in [1.165, 1.54) is 5.69 Å². The second-order valence-corrected chi connectivity index (χ2v) is 6.56. The van der Waals surface area contributed by atoms with Crippen molar-refractivity contribution < 1.29 is 14.3 Å². The average Bonchev–Trinajstić information content (AvgIpc) is 2.46. The molecule has 1 N–H and O–H groups in total. The van der Waals surface area contributed by atoms with E-state index in [-0.39, 0.29) is 6.04 Å². The van der Waals surface area contributed by atoms with Crippen molar-refractivity contribution in [2.24, 2.45) is 0 Å². The third-order valence-corrected chi connectivity index (χ3v) is 3.50. The summed E-state index contributed by atoms with van der Waals surface area (Å²) >= 11 is 0. The molecule has 5 heteroatoms. The highest BCUT2D eigenvalue weighted by atomic mass is 16.6. The minimum Gasteiger partial charge on any atom is -0.444 e. The fraction of sp³-hybridized carbons (Fsp3) is 0.588. The van der Waals surface area contributed by atoms with Gasteiger partial charge in [0.2, 0.25) is 0 Å². The van der Waals surface area contributed by atoms with E-state index in [1.54, 1.807) is 0 Å². The normalized spacial score (nSPS) is 17.0. The lowest BCUT2D eigenvalue weighted by atomic mass is 10.1. The second kappa shape index (κ2) is 7.01. The van der Waals surface area contributed by atoms with E-state index in [4.69, 9.17) is 9.47 Å². The lowest BCUT2D eigenvalue weighted by molar-refractivity contribution is 0.0508. The highest BCUT2D eigenvalue weighted by molar-refractivity contribution is 5.68. The van der Waals surface area contributed by atoms with Crippen LogP contribution in [0.4, 0.5) is 10.5 Å². The molecule has 1 fully saturated rings. The van der Waals surface area contributed by atoms with E-state index in [0.717, 1.165) is 31.9 Å². The predicted octanol–water partition coefficient (Wildman–Crippen LogP) is 3.11. The average molecular weight is 306 g/mol. The summed E-state index contributed by atoms with van der Waals surface area (Å²) in [5.41, 5.74) is 1.77. The molecule has 0 spiro atoms. The summed E-state index contributed by atoms with van der Waals surface area (Å²) < 4.78 is 10.6. The van der Waals surface area contributed by atoms with Gasteiger partial charge in [-0.1, -0.05) is 12.1 Å². The molecule has 0 bridgehead atoms. The molecule has 1 aromatic rings. The number of morpholine rings is 1. The first-order valence-electron chi connectivity index (χ1n) is 7.77. The Balaban J connectivity index is 1.93. The monoisotopic (exact) mass is 306 g/mol. The van der Waals surface area contributed by atoms with E-state index in [2.05, 4.69) is 22.3 Å². The summed E-state index contributed by atoms with van der Waals surface area (Å²) in [5, 5.41) is 2.86. The summed E-state index contributed by atoms with van der Waals surface area (Å²) in [7, 11) is 0. The number of anilines is 1. The topological polar surface area (TPSA) is 50.8 Å². The Hall–Kier alpha value is -1.75. The molecule has 22 heavy (non-hydrogen) atoms. The quantitative estimate of drug-likeness (QED) is 0.932. The fourth-order valence-corrected chi connectivity index (χ4v) is 2.36. The van der Waals surface area contributed by atoms with Crippen LogP contribution in [0, 0.1) is 0 Å². The van der Waals surface area contributed by atoms with Gasteiger partial charge >= 0.3 is 6.09 Å². The van der Waals surface area contributed by atoms with Gasteiger partial charge in [0.25, 0.3) is 0 Å². The van der Waals surface area contributed by atoms with Crippen LogP contribution < -0.4 is 10.2 Å². The zero-order valence-corrected chi connectivity index (χ0v) is 13.9. The number of benzene rings is 1. The Morgan fingerprint density at radius 1 is 1.23 bits per heavy atom. The van der Waals surface area contributed by atoms with Crippen LogP contribution in [0.3, 0.4) is 0 Å². The molecule has 1 heterocycles. The molecule has 5 nitrogen and oxygen atoms in total. The number of alkyl carbamates (subject to hydrolysis) is 1. The van der Waals surface area contributed by atoms with Crippen molar-refractivity contribution in [1.82, 2.24) is 5.32 Å². The largest absolute Gasteiger partial charge is 0.444 e.